The first-order chi connectivity index (χ1) is 8.00. The second-order valence-corrected chi connectivity index (χ2v) is 6.80. The van der Waals surface area contributed by atoms with Crippen molar-refractivity contribution in [1.29, 1.82) is 0 Å². The molecule has 0 amide bonds. The maximum absolute atomic E-state index is 11.3. The van der Waals surface area contributed by atoms with Crippen LogP contribution in [0, 0.1) is 6.92 Å². The molecule has 1 saturated heterocycles. The highest BCUT2D eigenvalue weighted by Crippen LogP contribution is 2.12. The molecule has 17 heavy (non-hydrogen) atoms. The molecule has 1 aromatic heterocycles. The summed E-state index contributed by atoms with van der Waals surface area (Å²) in [4.78, 5) is 0. The van der Waals surface area contributed by atoms with Crippen LogP contribution in [0.25, 0.3) is 0 Å². The number of aryl methyl sites for hydroxylation is 2. The van der Waals surface area contributed by atoms with Gasteiger partial charge >= 0.3 is 0 Å². The van der Waals surface area contributed by atoms with Crippen molar-refractivity contribution in [1.82, 2.24) is 15.1 Å². The van der Waals surface area contributed by atoms with Gasteiger partial charge in [-0.25, -0.2) is 8.42 Å². The average Bonchev–Trinajstić information content (AvgIpc) is 2.78. The van der Waals surface area contributed by atoms with Crippen LogP contribution in [0.4, 0.5) is 0 Å². The van der Waals surface area contributed by atoms with Gasteiger partial charge in [0, 0.05) is 19.1 Å². The minimum atomic E-state index is -2.80. The summed E-state index contributed by atoms with van der Waals surface area (Å²) in [5.74, 6) is 0.586. The number of hydrogen-bond acceptors (Lipinski definition) is 4. The van der Waals surface area contributed by atoms with E-state index in [1.165, 1.54) is 0 Å². The molecule has 0 bridgehead atoms. The highest BCUT2D eigenvalue weighted by atomic mass is 32.2. The van der Waals surface area contributed by atoms with Gasteiger partial charge in [-0.2, -0.15) is 5.10 Å². The largest absolute Gasteiger partial charge is 0.307 e. The third-order valence-electron chi connectivity index (χ3n) is 3.09. The summed E-state index contributed by atoms with van der Waals surface area (Å²) in [6.45, 7) is 5.55. The number of sulfone groups is 1. The van der Waals surface area contributed by atoms with Crippen LogP contribution >= 0.6 is 0 Å². The van der Waals surface area contributed by atoms with Crippen molar-refractivity contribution in [3.05, 3.63) is 17.5 Å². The molecule has 0 aromatic carbocycles. The molecule has 96 valence electrons. The van der Waals surface area contributed by atoms with Crippen LogP contribution in [0.5, 0.6) is 0 Å². The molecule has 1 aliphatic rings. The van der Waals surface area contributed by atoms with Crippen LogP contribution in [-0.4, -0.2) is 35.7 Å². The highest BCUT2D eigenvalue weighted by molar-refractivity contribution is 7.91. The minimum Gasteiger partial charge on any atom is -0.307 e. The van der Waals surface area contributed by atoms with Gasteiger partial charge in [-0.05, 0) is 26.3 Å². The summed E-state index contributed by atoms with van der Waals surface area (Å²) < 4.78 is 24.6. The molecule has 2 rings (SSSR count). The van der Waals surface area contributed by atoms with Crippen molar-refractivity contribution >= 4 is 9.84 Å². The fourth-order valence-corrected chi connectivity index (χ4v) is 3.93. The van der Waals surface area contributed by atoms with Gasteiger partial charge in [0.2, 0.25) is 0 Å². The Morgan fingerprint density at radius 2 is 2.35 bits per heavy atom. The van der Waals surface area contributed by atoms with Crippen LogP contribution in [0.1, 0.15) is 24.7 Å². The van der Waals surface area contributed by atoms with Crippen LogP contribution < -0.4 is 5.32 Å². The van der Waals surface area contributed by atoms with E-state index in [0.717, 1.165) is 24.4 Å². The molecule has 6 heteroatoms. The van der Waals surface area contributed by atoms with Crippen molar-refractivity contribution in [3.63, 3.8) is 0 Å². The van der Waals surface area contributed by atoms with E-state index in [1.807, 2.05) is 17.7 Å². The van der Waals surface area contributed by atoms with Gasteiger partial charge in [0.1, 0.15) is 0 Å². The second kappa shape index (κ2) is 4.78. The molecule has 1 N–H and O–H groups in total. The van der Waals surface area contributed by atoms with E-state index in [2.05, 4.69) is 17.3 Å². The van der Waals surface area contributed by atoms with Gasteiger partial charge in [0.15, 0.2) is 9.84 Å². The Kier molecular flexibility index (Phi) is 3.53. The average molecular weight is 257 g/mol. The Morgan fingerprint density at radius 1 is 1.59 bits per heavy atom. The molecule has 1 unspecified atom stereocenters. The Labute approximate surface area is 102 Å². The van der Waals surface area contributed by atoms with Crippen molar-refractivity contribution < 1.29 is 8.42 Å². The normalized spacial score (nSPS) is 23.1. The van der Waals surface area contributed by atoms with E-state index in [0.29, 0.717) is 12.3 Å². The molecule has 5 nitrogen and oxygen atoms in total. The van der Waals surface area contributed by atoms with E-state index in [-0.39, 0.29) is 11.8 Å². The first-order valence-corrected chi connectivity index (χ1v) is 7.79. The van der Waals surface area contributed by atoms with Gasteiger partial charge < -0.3 is 5.32 Å². The molecule has 2 heterocycles. The van der Waals surface area contributed by atoms with Gasteiger partial charge in [0.05, 0.1) is 22.9 Å². The summed E-state index contributed by atoms with van der Waals surface area (Å²) >= 11 is 0. The van der Waals surface area contributed by atoms with Gasteiger partial charge in [-0.3, -0.25) is 4.68 Å². The quantitative estimate of drug-likeness (QED) is 0.852. The van der Waals surface area contributed by atoms with E-state index >= 15 is 0 Å². The number of aromatic nitrogens is 2. The highest BCUT2D eigenvalue weighted by Gasteiger charge is 2.27. The lowest BCUT2D eigenvalue weighted by atomic mass is 10.2. The van der Waals surface area contributed by atoms with Crippen LogP contribution in [0.2, 0.25) is 0 Å². The number of nitrogens with zero attached hydrogens (tertiary/aromatic N) is 2. The Balaban J connectivity index is 1.94. The Bertz CT molecular complexity index is 493. The number of rotatable bonds is 4. The standard InChI is InChI=1S/C11H19N3O2S/c1-3-14-11(6-9(2)13-14)7-12-10-4-5-17(15,16)8-10/h6,10,12H,3-5,7-8H2,1-2H3. The van der Waals surface area contributed by atoms with E-state index < -0.39 is 9.84 Å². The van der Waals surface area contributed by atoms with Crippen molar-refractivity contribution in [3.8, 4) is 0 Å². The smallest absolute Gasteiger partial charge is 0.151 e. The SMILES string of the molecule is CCn1nc(C)cc1CNC1CCS(=O)(=O)C1. The van der Waals surface area contributed by atoms with Crippen molar-refractivity contribution in [2.45, 2.75) is 39.4 Å². The predicted octanol–water partition coefficient (Wildman–Crippen LogP) is 0.488. The molecule has 0 radical (unpaired) electrons. The Hall–Kier alpha value is -0.880. The van der Waals surface area contributed by atoms with Crippen LogP contribution in [-0.2, 0) is 22.9 Å². The van der Waals surface area contributed by atoms with E-state index in [1.54, 1.807) is 0 Å². The summed E-state index contributed by atoms with van der Waals surface area (Å²) in [6.07, 6.45) is 0.724. The summed E-state index contributed by atoms with van der Waals surface area (Å²) in [5.41, 5.74) is 2.12. The molecular weight excluding hydrogens is 238 g/mol. The fraction of sp³-hybridized carbons (Fsp3) is 0.727. The third kappa shape index (κ3) is 3.07. The van der Waals surface area contributed by atoms with Gasteiger partial charge in [-0.15, -0.1) is 0 Å². The minimum absolute atomic E-state index is 0.0977. The molecule has 1 aliphatic heterocycles. The molecule has 0 saturated carbocycles. The zero-order valence-corrected chi connectivity index (χ0v) is 11.1. The molecule has 0 aliphatic carbocycles. The monoisotopic (exact) mass is 257 g/mol. The fourth-order valence-electron chi connectivity index (χ4n) is 2.22. The maximum atomic E-state index is 11.3. The lowest BCUT2D eigenvalue weighted by Crippen LogP contribution is -2.30. The summed E-state index contributed by atoms with van der Waals surface area (Å²) in [6, 6.07) is 2.14. The Morgan fingerprint density at radius 3 is 2.94 bits per heavy atom. The second-order valence-electron chi connectivity index (χ2n) is 4.57. The molecule has 0 spiro atoms. The molecule has 1 atom stereocenters. The van der Waals surface area contributed by atoms with Crippen molar-refractivity contribution in [2.75, 3.05) is 11.5 Å². The van der Waals surface area contributed by atoms with Crippen LogP contribution in [0.3, 0.4) is 0 Å². The van der Waals surface area contributed by atoms with Gasteiger partial charge in [-0.1, -0.05) is 0 Å². The van der Waals surface area contributed by atoms with E-state index in [9.17, 15) is 8.42 Å². The summed E-state index contributed by atoms with van der Waals surface area (Å²) in [7, 11) is -2.80. The summed E-state index contributed by atoms with van der Waals surface area (Å²) in [5, 5.41) is 7.66. The first-order valence-electron chi connectivity index (χ1n) is 5.97. The lowest BCUT2D eigenvalue weighted by molar-refractivity contribution is 0.520. The zero-order chi connectivity index (χ0) is 12.5. The van der Waals surface area contributed by atoms with Crippen molar-refractivity contribution in [2.24, 2.45) is 0 Å². The topological polar surface area (TPSA) is 64.0 Å². The third-order valence-corrected chi connectivity index (χ3v) is 4.86. The first kappa shape index (κ1) is 12.6. The zero-order valence-electron chi connectivity index (χ0n) is 10.3. The molecular formula is C11H19N3O2S. The molecule has 1 fully saturated rings. The number of hydrogen-bond donors (Lipinski definition) is 1. The lowest BCUT2D eigenvalue weighted by Gasteiger charge is -2.11. The maximum Gasteiger partial charge on any atom is 0.151 e. The number of nitrogens with one attached hydrogen (secondary N) is 1. The van der Waals surface area contributed by atoms with E-state index in [4.69, 9.17) is 0 Å². The predicted molar refractivity (Wildman–Crippen MR) is 66.5 cm³/mol. The van der Waals surface area contributed by atoms with Crippen LogP contribution in [0.15, 0.2) is 6.07 Å². The molecule has 1 aromatic rings. The van der Waals surface area contributed by atoms with Gasteiger partial charge in [0.25, 0.3) is 0 Å².